The van der Waals surface area contributed by atoms with Crippen molar-refractivity contribution >= 4 is 29.1 Å². The van der Waals surface area contributed by atoms with E-state index in [0.29, 0.717) is 15.8 Å². The molecule has 5 heteroatoms. The Bertz CT molecular complexity index is 321. The van der Waals surface area contributed by atoms with Crippen LogP contribution in [0.2, 0.25) is 10.0 Å². The van der Waals surface area contributed by atoms with Crippen molar-refractivity contribution in [2.75, 3.05) is 13.7 Å². The molecule has 1 aromatic carbocycles. The van der Waals surface area contributed by atoms with E-state index in [1.165, 1.54) is 7.11 Å². The Balaban J connectivity index is 2.71. The molecular formula is C9H9Cl2NO2. The highest BCUT2D eigenvalue weighted by Gasteiger charge is 2.07. The fourth-order valence-electron chi connectivity index (χ4n) is 0.817. The van der Waals surface area contributed by atoms with Gasteiger partial charge in [0.2, 0.25) is 5.90 Å². The summed E-state index contributed by atoms with van der Waals surface area (Å²) in [4.78, 5) is 0. The Morgan fingerprint density at radius 1 is 1.36 bits per heavy atom. The van der Waals surface area contributed by atoms with Gasteiger partial charge in [-0.2, -0.15) is 0 Å². The lowest BCUT2D eigenvalue weighted by Gasteiger charge is -2.09. The van der Waals surface area contributed by atoms with Crippen molar-refractivity contribution in [1.29, 1.82) is 5.41 Å². The standard InChI is InChI=1S/C9H9Cl2NO2/c1-13-8(12)5-14-9-6(10)3-2-4-7(9)11/h2-4,12H,5H2,1H3. The highest BCUT2D eigenvalue weighted by Crippen LogP contribution is 2.32. The molecule has 1 aromatic rings. The molecule has 0 radical (unpaired) electrons. The summed E-state index contributed by atoms with van der Waals surface area (Å²) in [5.74, 6) is 0.388. The van der Waals surface area contributed by atoms with E-state index < -0.39 is 0 Å². The topological polar surface area (TPSA) is 42.3 Å². The van der Waals surface area contributed by atoms with E-state index in [1.807, 2.05) is 0 Å². The molecule has 0 saturated carbocycles. The van der Waals surface area contributed by atoms with Crippen LogP contribution < -0.4 is 4.74 Å². The van der Waals surface area contributed by atoms with Gasteiger partial charge in [-0.05, 0) is 12.1 Å². The molecule has 0 heterocycles. The van der Waals surface area contributed by atoms with Crippen molar-refractivity contribution in [1.82, 2.24) is 0 Å². The maximum absolute atomic E-state index is 7.19. The van der Waals surface area contributed by atoms with Crippen LogP contribution in [0.4, 0.5) is 0 Å². The third-order valence-corrected chi connectivity index (χ3v) is 2.11. The molecule has 1 rings (SSSR count). The fourth-order valence-corrected chi connectivity index (χ4v) is 1.32. The lowest BCUT2D eigenvalue weighted by molar-refractivity contribution is 0.310. The van der Waals surface area contributed by atoms with Crippen LogP contribution >= 0.6 is 23.2 Å². The van der Waals surface area contributed by atoms with Crippen LogP contribution in [0, 0.1) is 5.41 Å². The smallest absolute Gasteiger partial charge is 0.219 e. The quantitative estimate of drug-likeness (QED) is 0.645. The SMILES string of the molecule is COC(=N)COc1c(Cl)cccc1Cl. The van der Waals surface area contributed by atoms with E-state index in [1.54, 1.807) is 18.2 Å². The third-order valence-electron chi connectivity index (χ3n) is 1.51. The minimum atomic E-state index is 0.0138. The number of methoxy groups -OCH3 is 1. The summed E-state index contributed by atoms with van der Waals surface area (Å²) in [6.07, 6.45) is 0. The predicted octanol–water partition coefficient (Wildman–Crippen LogP) is 3.00. The van der Waals surface area contributed by atoms with Gasteiger partial charge >= 0.3 is 0 Å². The summed E-state index contributed by atoms with van der Waals surface area (Å²) in [5.41, 5.74) is 0. The van der Waals surface area contributed by atoms with Crippen LogP contribution in [0.1, 0.15) is 0 Å². The molecule has 0 spiro atoms. The second kappa shape index (κ2) is 5.08. The first-order valence-electron chi connectivity index (χ1n) is 3.83. The molecule has 0 amide bonds. The maximum atomic E-state index is 7.19. The summed E-state index contributed by atoms with van der Waals surface area (Å²) in [5, 5.41) is 8.03. The highest BCUT2D eigenvalue weighted by atomic mass is 35.5. The first kappa shape index (κ1) is 11.1. The Hall–Kier alpha value is -0.930. The van der Waals surface area contributed by atoms with E-state index in [9.17, 15) is 0 Å². The zero-order valence-electron chi connectivity index (χ0n) is 7.51. The average molecular weight is 234 g/mol. The Morgan fingerprint density at radius 3 is 2.43 bits per heavy atom. The van der Waals surface area contributed by atoms with Crippen LogP contribution in [0.5, 0.6) is 5.75 Å². The van der Waals surface area contributed by atoms with Gasteiger partial charge in [0, 0.05) is 0 Å². The molecule has 0 aliphatic heterocycles. The predicted molar refractivity (Wildman–Crippen MR) is 56.7 cm³/mol. The normalized spacial score (nSPS) is 9.64. The van der Waals surface area contributed by atoms with E-state index in [0.717, 1.165) is 0 Å². The Morgan fingerprint density at radius 2 is 1.93 bits per heavy atom. The number of rotatable bonds is 3. The van der Waals surface area contributed by atoms with E-state index in [2.05, 4.69) is 4.74 Å². The van der Waals surface area contributed by atoms with E-state index in [-0.39, 0.29) is 12.5 Å². The van der Waals surface area contributed by atoms with Gasteiger partial charge in [-0.1, -0.05) is 29.3 Å². The molecule has 0 bridgehead atoms. The van der Waals surface area contributed by atoms with Crippen molar-refractivity contribution in [2.24, 2.45) is 0 Å². The van der Waals surface area contributed by atoms with Crippen LogP contribution in [0.25, 0.3) is 0 Å². The minimum absolute atomic E-state index is 0.0138. The molecule has 0 fully saturated rings. The van der Waals surface area contributed by atoms with Crippen molar-refractivity contribution in [3.63, 3.8) is 0 Å². The molecule has 0 aliphatic rings. The van der Waals surface area contributed by atoms with Crippen molar-refractivity contribution in [3.8, 4) is 5.75 Å². The van der Waals surface area contributed by atoms with Crippen LogP contribution in [0.15, 0.2) is 18.2 Å². The molecule has 0 atom stereocenters. The third kappa shape index (κ3) is 2.79. The summed E-state index contributed by atoms with van der Waals surface area (Å²) < 4.78 is 9.83. The minimum Gasteiger partial charge on any atom is -0.482 e. The number of halogens is 2. The highest BCUT2D eigenvalue weighted by molar-refractivity contribution is 6.37. The second-order valence-electron chi connectivity index (χ2n) is 2.47. The van der Waals surface area contributed by atoms with Gasteiger partial charge in [-0.3, -0.25) is 5.41 Å². The summed E-state index contributed by atoms with van der Waals surface area (Å²) in [6, 6.07) is 5.05. The number of nitrogens with one attached hydrogen (secondary N) is 1. The molecule has 14 heavy (non-hydrogen) atoms. The zero-order chi connectivity index (χ0) is 10.6. The van der Waals surface area contributed by atoms with Gasteiger partial charge in [-0.15, -0.1) is 0 Å². The summed E-state index contributed by atoms with van der Waals surface area (Å²) >= 11 is 11.7. The fraction of sp³-hybridized carbons (Fsp3) is 0.222. The molecule has 0 unspecified atom stereocenters. The molecule has 0 aromatic heterocycles. The van der Waals surface area contributed by atoms with Gasteiger partial charge in [0.15, 0.2) is 12.4 Å². The van der Waals surface area contributed by atoms with Crippen LogP contribution in [-0.2, 0) is 4.74 Å². The molecule has 0 saturated heterocycles. The van der Waals surface area contributed by atoms with Crippen LogP contribution in [0.3, 0.4) is 0 Å². The molecular weight excluding hydrogens is 225 g/mol. The van der Waals surface area contributed by atoms with Gasteiger partial charge in [0.05, 0.1) is 17.2 Å². The lowest BCUT2D eigenvalue weighted by atomic mass is 10.3. The molecule has 3 nitrogen and oxygen atoms in total. The van der Waals surface area contributed by atoms with Gasteiger partial charge in [0.1, 0.15) is 0 Å². The number of benzene rings is 1. The molecule has 0 aliphatic carbocycles. The Labute approximate surface area is 92.0 Å². The average Bonchev–Trinajstić information content (AvgIpc) is 2.16. The van der Waals surface area contributed by atoms with Crippen molar-refractivity contribution < 1.29 is 9.47 Å². The maximum Gasteiger partial charge on any atom is 0.219 e. The first-order chi connectivity index (χ1) is 6.65. The molecule has 76 valence electrons. The van der Waals surface area contributed by atoms with E-state index in [4.69, 9.17) is 33.3 Å². The van der Waals surface area contributed by atoms with Crippen LogP contribution in [-0.4, -0.2) is 19.6 Å². The van der Waals surface area contributed by atoms with Gasteiger partial charge in [-0.25, -0.2) is 0 Å². The van der Waals surface area contributed by atoms with Gasteiger partial charge < -0.3 is 9.47 Å². The zero-order valence-corrected chi connectivity index (χ0v) is 9.02. The lowest BCUT2D eigenvalue weighted by Crippen LogP contribution is -2.12. The summed E-state index contributed by atoms with van der Waals surface area (Å²) in [7, 11) is 1.40. The van der Waals surface area contributed by atoms with E-state index >= 15 is 0 Å². The summed E-state index contributed by atoms with van der Waals surface area (Å²) in [6.45, 7) is 0.0138. The largest absolute Gasteiger partial charge is 0.482 e. The second-order valence-corrected chi connectivity index (χ2v) is 3.28. The number of para-hydroxylation sites is 1. The van der Waals surface area contributed by atoms with Crippen molar-refractivity contribution in [2.45, 2.75) is 0 Å². The first-order valence-corrected chi connectivity index (χ1v) is 4.59. The number of hydrogen-bond donors (Lipinski definition) is 1. The number of ether oxygens (including phenoxy) is 2. The number of hydrogen-bond acceptors (Lipinski definition) is 3. The van der Waals surface area contributed by atoms with Gasteiger partial charge in [0.25, 0.3) is 0 Å². The monoisotopic (exact) mass is 233 g/mol. The van der Waals surface area contributed by atoms with Crippen molar-refractivity contribution in [3.05, 3.63) is 28.2 Å². The Kier molecular flexibility index (Phi) is 4.04. The molecule has 1 N–H and O–H groups in total.